The molecule has 1 saturated heterocycles. The fourth-order valence-corrected chi connectivity index (χ4v) is 1.30. The maximum absolute atomic E-state index is 9.58. The molecule has 1 aliphatic heterocycles. The maximum Gasteiger partial charge on any atom is 0.110 e. The Kier molecular flexibility index (Phi) is 2.82. The first-order valence-corrected chi connectivity index (χ1v) is 3.82. The highest BCUT2D eigenvalue weighted by Gasteiger charge is 2.49. The molecule has 0 aromatic carbocycles. The van der Waals surface area contributed by atoms with Crippen molar-refractivity contribution in [2.75, 3.05) is 6.61 Å². The molecule has 6 nitrogen and oxygen atoms in total. The molecule has 1 aliphatic rings. The molecule has 0 amide bonds. The van der Waals surface area contributed by atoms with Gasteiger partial charge in [0, 0.05) is 10.9 Å². The van der Waals surface area contributed by atoms with Crippen LogP contribution in [0.15, 0.2) is 5.11 Å². The quantitative estimate of drug-likeness (QED) is 0.256. The Morgan fingerprint density at radius 3 is 2.77 bits per heavy atom. The Labute approximate surface area is 76.5 Å². The van der Waals surface area contributed by atoms with E-state index in [1.807, 2.05) is 0 Å². The summed E-state index contributed by atoms with van der Waals surface area (Å²) in [6.07, 6.45) is -1.87. The molecular weight excluding hydrogens is 173 g/mol. The lowest BCUT2D eigenvalue weighted by atomic mass is 9.79. The van der Waals surface area contributed by atoms with Gasteiger partial charge in [0.2, 0.25) is 0 Å². The maximum atomic E-state index is 9.58. The molecule has 2 radical (unpaired) electrons. The van der Waals surface area contributed by atoms with Crippen molar-refractivity contribution in [2.24, 2.45) is 5.11 Å². The fraction of sp³-hybridized carbons (Fsp3) is 1.00. The summed E-state index contributed by atoms with van der Waals surface area (Å²) in [5.41, 5.74) is 7.05. The highest BCUT2D eigenvalue weighted by molar-refractivity contribution is 6.12. The van der Waals surface area contributed by atoms with E-state index in [9.17, 15) is 5.11 Å². The van der Waals surface area contributed by atoms with Crippen molar-refractivity contribution in [3.05, 3.63) is 10.4 Å². The molecule has 1 heterocycles. The number of azide groups is 1. The first-order valence-electron chi connectivity index (χ1n) is 3.82. The molecule has 0 spiro atoms. The SMILES string of the molecule is [B][C@@H]1O[C@H](CO)[C@@H](O)[C@@]1(C)N=[N+]=[N-]. The highest BCUT2D eigenvalue weighted by atomic mass is 16.5. The van der Waals surface area contributed by atoms with E-state index < -0.39 is 23.8 Å². The second kappa shape index (κ2) is 3.55. The summed E-state index contributed by atoms with van der Waals surface area (Å²) >= 11 is 0. The number of rotatable bonds is 2. The van der Waals surface area contributed by atoms with Gasteiger partial charge in [0.15, 0.2) is 0 Å². The Morgan fingerprint density at radius 1 is 1.77 bits per heavy atom. The minimum absolute atomic E-state index is 0.356. The Hall–Kier alpha value is -0.745. The van der Waals surface area contributed by atoms with Crippen LogP contribution >= 0.6 is 0 Å². The van der Waals surface area contributed by atoms with Crippen LogP contribution < -0.4 is 0 Å². The lowest BCUT2D eigenvalue weighted by molar-refractivity contribution is -0.00538. The monoisotopic (exact) mass is 183 g/mol. The van der Waals surface area contributed by atoms with Crippen molar-refractivity contribution < 1.29 is 14.9 Å². The molecule has 0 aliphatic carbocycles. The van der Waals surface area contributed by atoms with Gasteiger partial charge in [-0.3, -0.25) is 0 Å². The largest absolute Gasteiger partial charge is 0.394 e. The Morgan fingerprint density at radius 2 is 2.38 bits per heavy atom. The zero-order chi connectivity index (χ0) is 10.1. The van der Waals surface area contributed by atoms with E-state index in [1.165, 1.54) is 6.92 Å². The summed E-state index contributed by atoms with van der Waals surface area (Å²) in [5.74, 6) is 0. The van der Waals surface area contributed by atoms with Crippen LogP contribution in [0.1, 0.15) is 6.92 Å². The van der Waals surface area contributed by atoms with Crippen molar-refractivity contribution in [2.45, 2.75) is 30.7 Å². The first-order chi connectivity index (χ1) is 6.06. The summed E-state index contributed by atoms with van der Waals surface area (Å²) in [4.78, 5) is 2.58. The summed E-state index contributed by atoms with van der Waals surface area (Å²) in [7, 11) is 5.50. The van der Waals surface area contributed by atoms with Gasteiger partial charge in [0.1, 0.15) is 14.0 Å². The molecule has 7 heteroatoms. The minimum atomic E-state index is -1.21. The molecule has 1 rings (SSSR count). The highest BCUT2D eigenvalue weighted by Crippen LogP contribution is 2.32. The lowest BCUT2D eigenvalue weighted by Crippen LogP contribution is -2.44. The van der Waals surface area contributed by atoms with Crippen LogP contribution in [0.4, 0.5) is 0 Å². The van der Waals surface area contributed by atoms with Crippen molar-refractivity contribution in [3.8, 4) is 0 Å². The van der Waals surface area contributed by atoms with E-state index >= 15 is 0 Å². The van der Waals surface area contributed by atoms with Gasteiger partial charge in [-0.05, 0) is 12.5 Å². The van der Waals surface area contributed by atoms with Gasteiger partial charge >= 0.3 is 0 Å². The molecule has 4 atom stereocenters. The third kappa shape index (κ3) is 1.51. The average Bonchev–Trinajstić information content (AvgIpc) is 2.31. The van der Waals surface area contributed by atoms with Crippen molar-refractivity contribution >= 4 is 7.85 Å². The molecule has 0 saturated carbocycles. The summed E-state index contributed by atoms with van der Waals surface area (Å²) in [6.45, 7) is 1.13. The third-order valence-electron chi connectivity index (χ3n) is 2.29. The molecule has 0 aromatic heterocycles. The zero-order valence-electron chi connectivity index (χ0n) is 7.16. The van der Waals surface area contributed by atoms with Gasteiger partial charge in [-0.1, -0.05) is 5.11 Å². The molecule has 0 unspecified atom stereocenters. The second-order valence-electron chi connectivity index (χ2n) is 3.14. The van der Waals surface area contributed by atoms with Gasteiger partial charge < -0.3 is 14.9 Å². The summed E-state index contributed by atoms with van der Waals surface area (Å²) in [6, 6.07) is -0.893. The number of nitrogens with zero attached hydrogens (tertiary/aromatic N) is 3. The lowest BCUT2D eigenvalue weighted by Gasteiger charge is -2.24. The van der Waals surface area contributed by atoms with E-state index in [1.54, 1.807) is 0 Å². The van der Waals surface area contributed by atoms with Crippen molar-refractivity contribution in [1.82, 2.24) is 0 Å². The molecule has 0 aromatic rings. The van der Waals surface area contributed by atoms with Gasteiger partial charge in [-0.2, -0.15) is 0 Å². The van der Waals surface area contributed by atoms with E-state index in [0.717, 1.165) is 0 Å². The van der Waals surface area contributed by atoms with Crippen molar-refractivity contribution in [1.29, 1.82) is 0 Å². The number of hydrogen-bond acceptors (Lipinski definition) is 4. The molecule has 13 heavy (non-hydrogen) atoms. The molecule has 1 fully saturated rings. The summed E-state index contributed by atoms with van der Waals surface area (Å²) < 4.78 is 5.00. The number of aliphatic hydroxyl groups excluding tert-OH is 2. The summed E-state index contributed by atoms with van der Waals surface area (Å²) in [5, 5.41) is 21.7. The van der Waals surface area contributed by atoms with Gasteiger partial charge in [0.05, 0.1) is 18.2 Å². The Bertz CT molecular complexity index is 245. The van der Waals surface area contributed by atoms with Crippen LogP contribution in [0.25, 0.3) is 10.4 Å². The van der Waals surface area contributed by atoms with E-state index in [0.29, 0.717) is 0 Å². The topological polar surface area (TPSA) is 98.5 Å². The number of hydrogen-bond donors (Lipinski definition) is 2. The fourth-order valence-electron chi connectivity index (χ4n) is 1.30. The minimum Gasteiger partial charge on any atom is -0.394 e. The van der Waals surface area contributed by atoms with Gasteiger partial charge in [0.25, 0.3) is 0 Å². The van der Waals surface area contributed by atoms with Crippen LogP contribution in [-0.4, -0.2) is 48.4 Å². The van der Waals surface area contributed by atoms with E-state index in [4.69, 9.17) is 23.2 Å². The second-order valence-corrected chi connectivity index (χ2v) is 3.14. The van der Waals surface area contributed by atoms with Crippen LogP contribution in [0.5, 0.6) is 0 Å². The number of ether oxygens (including phenoxy) is 1. The van der Waals surface area contributed by atoms with Crippen LogP contribution in [0.3, 0.4) is 0 Å². The van der Waals surface area contributed by atoms with E-state index in [2.05, 4.69) is 10.0 Å². The molecular formula is C6H10BN3O3. The van der Waals surface area contributed by atoms with E-state index in [-0.39, 0.29) is 6.61 Å². The molecule has 2 N–H and O–H groups in total. The zero-order valence-corrected chi connectivity index (χ0v) is 7.16. The number of aliphatic hydroxyl groups is 2. The van der Waals surface area contributed by atoms with Gasteiger partial charge in [-0.25, -0.2) is 0 Å². The predicted octanol–water partition coefficient (Wildman–Crippen LogP) is -0.698. The first kappa shape index (κ1) is 10.3. The average molecular weight is 183 g/mol. The molecule has 0 bridgehead atoms. The third-order valence-corrected chi connectivity index (χ3v) is 2.29. The van der Waals surface area contributed by atoms with Crippen LogP contribution in [0, 0.1) is 0 Å². The van der Waals surface area contributed by atoms with Crippen LogP contribution in [0.2, 0.25) is 0 Å². The Balaban J connectivity index is 2.91. The van der Waals surface area contributed by atoms with Crippen LogP contribution in [-0.2, 0) is 4.74 Å². The smallest absolute Gasteiger partial charge is 0.110 e. The normalized spacial score (nSPS) is 44.4. The molecule has 70 valence electrons. The standard InChI is InChI=1S/C6H10BN3O3/c1-6(9-10-8)4(12)3(2-11)13-5(6)7/h3-5,11-12H,2H2,1H3/t3-,4-,5-,6-/m1/s1. The van der Waals surface area contributed by atoms with Crippen molar-refractivity contribution in [3.63, 3.8) is 0 Å². The predicted molar refractivity (Wildman–Crippen MR) is 45.1 cm³/mol. The van der Waals surface area contributed by atoms with Gasteiger partial charge in [-0.15, -0.1) is 0 Å².